The Morgan fingerprint density at radius 3 is 2.74 bits per heavy atom. The van der Waals surface area contributed by atoms with Crippen LogP contribution in [0.15, 0.2) is 22.7 Å². The molecule has 0 aliphatic carbocycles. The van der Waals surface area contributed by atoms with Gasteiger partial charge in [-0.3, -0.25) is 4.79 Å². The lowest BCUT2D eigenvalue weighted by atomic mass is 10.1. The molecule has 0 aliphatic heterocycles. The molecule has 6 heteroatoms. The molecular formula is C13H17Br2NO3. The average molecular weight is 395 g/mol. The second kappa shape index (κ2) is 8.55. The summed E-state index contributed by atoms with van der Waals surface area (Å²) in [5.41, 5.74) is 0.515. The topological polar surface area (TPSA) is 47.6 Å². The number of hydrogen-bond donors (Lipinski definition) is 1. The van der Waals surface area contributed by atoms with E-state index in [0.717, 1.165) is 16.2 Å². The van der Waals surface area contributed by atoms with Crippen molar-refractivity contribution in [3.8, 4) is 5.75 Å². The highest BCUT2D eigenvalue weighted by molar-refractivity contribution is 9.10. The van der Waals surface area contributed by atoms with E-state index < -0.39 is 0 Å². The molecule has 0 heterocycles. The molecule has 0 aromatic heterocycles. The molecule has 1 N–H and O–H groups in total. The predicted octanol–water partition coefficient (Wildman–Crippen LogP) is 2.99. The van der Waals surface area contributed by atoms with Crippen molar-refractivity contribution in [2.75, 3.05) is 26.2 Å². The summed E-state index contributed by atoms with van der Waals surface area (Å²) >= 11 is 6.72. The molecule has 1 atom stereocenters. The van der Waals surface area contributed by atoms with Crippen molar-refractivity contribution in [2.45, 2.75) is 12.5 Å². The van der Waals surface area contributed by atoms with E-state index in [1.54, 1.807) is 26.4 Å². The summed E-state index contributed by atoms with van der Waals surface area (Å²) in [6.45, 7) is 0.482. The molecule has 0 saturated carbocycles. The van der Waals surface area contributed by atoms with Gasteiger partial charge < -0.3 is 14.8 Å². The Morgan fingerprint density at radius 2 is 2.16 bits per heavy atom. The van der Waals surface area contributed by atoms with Gasteiger partial charge in [-0.15, -0.1) is 0 Å². The SMILES string of the molecule is COCC(CCBr)NC(=O)c1ccc(Br)cc1OC. The number of ether oxygens (including phenoxy) is 2. The van der Waals surface area contributed by atoms with Crippen molar-refractivity contribution < 1.29 is 14.3 Å². The smallest absolute Gasteiger partial charge is 0.255 e. The average Bonchev–Trinajstić information content (AvgIpc) is 2.38. The first-order valence-corrected chi connectivity index (χ1v) is 7.73. The third-order valence-corrected chi connectivity index (χ3v) is 3.52. The highest BCUT2D eigenvalue weighted by Crippen LogP contribution is 2.23. The summed E-state index contributed by atoms with van der Waals surface area (Å²) in [5, 5.41) is 3.74. The summed E-state index contributed by atoms with van der Waals surface area (Å²) in [6, 6.07) is 5.29. The maximum absolute atomic E-state index is 12.2. The first-order valence-electron chi connectivity index (χ1n) is 5.81. The molecule has 1 aromatic carbocycles. The Morgan fingerprint density at radius 1 is 1.42 bits per heavy atom. The molecule has 0 aliphatic rings. The number of benzene rings is 1. The van der Waals surface area contributed by atoms with E-state index in [4.69, 9.17) is 9.47 Å². The van der Waals surface area contributed by atoms with Gasteiger partial charge in [0.1, 0.15) is 5.75 Å². The van der Waals surface area contributed by atoms with Gasteiger partial charge in [0.2, 0.25) is 0 Å². The van der Waals surface area contributed by atoms with Gasteiger partial charge >= 0.3 is 0 Å². The van der Waals surface area contributed by atoms with Crippen molar-refractivity contribution in [2.24, 2.45) is 0 Å². The van der Waals surface area contributed by atoms with Gasteiger partial charge in [0.05, 0.1) is 25.3 Å². The number of nitrogens with one attached hydrogen (secondary N) is 1. The molecule has 0 fully saturated rings. The van der Waals surface area contributed by atoms with Crippen LogP contribution in [0, 0.1) is 0 Å². The van der Waals surface area contributed by atoms with Crippen LogP contribution >= 0.6 is 31.9 Å². The number of carbonyl (C=O) groups is 1. The normalized spacial score (nSPS) is 12.0. The van der Waals surface area contributed by atoms with Crippen molar-refractivity contribution >= 4 is 37.8 Å². The van der Waals surface area contributed by atoms with Crippen molar-refractivity contribution in [3.05, 3.63) is 28.2 Å². The Labute approximate surface area is 130 Å². The molecule has 0 radical (unpaired) electrons. The fourth-order valence-electron chi connectivity index (χ4n) is 1.65. The Bertz CT molecular complexity index is 420. The Hall–Kier alpha value is -0.590. The van der Waals surface area contributed by atoms with Crippen molar-refractivity contribution in [1.82, 2.24) is 5.32 Å². The van der Waals surface area contributed by atoms with E-state index in [-0.39, 0.29) is 11.9 Å². The fourth-order valence-corrected chi connectivity index (χ4v) is 2.54. The zero-order valence-corrected chi connectivity index (χ0v) is 14.1. The van der Waals surface area contributed by atoms with E-state index >= 15 is 0 Å². The predicted molar refractivity (Wildman–Crippen MR) is 82.2 cm³/mol. The molecule has 1 unspecified atom stereocenters. The lowest BCUT2D eigenvalue weighted by Crippen LogP contribution is -2.38. The van der Waals surface area contributed by atoms with E-state index in [2.05, 4.69) is 37.2 Å². The standard InChI is InChI=1S/C13H17Br2NO3/c1-18-8-10(5-6-14)16-13(17)11-4-3-9(15)7-12(11)19-2/h3-4,7,10H,5-6,8H2,1-2H3,(H,16,17). The minimum Gasteiger partial charge on any atom is -0.496 e. The number of rotatable bonds is 7. The van der Waals surface area contributed by atoms with E-state index in [0.29, 0.717) is 17.9 Å². The zero-order chi connectivity index (χ0) is 14.3. The maximum Gasteiger partial charge on any atom is 0.255 e. The van der Waals surface area contributed by atoms with Crippen LogP contribution in [0.3, 0.4) is 0 Å². The summed E-state index contributed by atoms with van der Waals surface area (Å²) in [4.78, 5) is 12.2. The van der Waals surface area contributed by atoms with Gasteiger partial charge in [0, 0.05) is 16.9 Å². The molecule has 0 spiro atoms. The summed E-state index contributed by atoms with van der Waals surface area (Å²) in [5.74, 6) is 0.384. The van der Waals surface area contributed by atoms with Crippen LogP contribution in [0.25, 0.3) is 0 Å². The lowest BCUT2D eigenvalue weighted by molar-refractivity contribution is 0.0892. The van der Waals surface area contributed by atoms with Crippen LogP contribution in [-0.2, 0) is 4.74 Å². The molecule has 1 rings (SSSR count). The summed E-state index contributed by atoms with van der Waals surface area (Å²) in [7, 11) is 3.16. The van der Waals surface area contributed by atoms with Crippen molar-refractivity contribution in [1.29, 1.82) is 0 Å². The molecule has 0 saturated heterocycles. The molecular weight excluding hydrogens is 378 g/mol. The van der Waals surface area contributed by atoms with Crippen LogP contribution in [0.1, 0.15) is 16.8 Å². The van der Waals surface area contributed by atoms with Crippen LogP contribution in [-0.4, -0.2) is 38.1 Å². The highest BCUT2D eigenvalue weighted by Gasteiger charge is 2.16. The van der Waals surface area contributed by atoms with Gasteiger partial charge in [0.25, 0.3) is 5.91 Å². The van der Waals surface area contributed by atoms with Gasteiger partial charge in [-0.05, 0) is 24.6 Å². The first kappa shape index (κ1) is 16.5. The number of methoxy groups -OCH3 is 2. The van der Waals surface area contributed by atoms with E-state index in [9.17, 15) is 4.79 Å². The number of hydrogen-bond acceptors (Lipinski definition) is 3. The molecule has 4 nitrogen and oxygen atoms in total. The van der Waals surface area contributed by atoms with Gasteiger partial charge in [-0.1, -0.05) is 31.9 Å². The number of alkyl halides is 1. The van der Waals surface area contributed by atoms with Crippen LogP contribution in [0.5, 0.6) is 5.75 Å². The first-order chi connectivity index (χ1) is 9.12. The summed E-state index contributed by atoms with van der Waals surface area (Å²) < 4.78 is 11.2. The Balaban J connectivity index is 2.81. The van der Waals surface area contributed by atoms with Gasteiger partial charge in [-0.2, -0.15) is 0 Å². The summed E-state index contributed by atoms with van der Waals surface area (Å²) in [6.07, 6.45) is 0.804. The Kier molecular flexibility index (Phi) is 7.41. The van der Waals surface area contributed by atoms with Crippen molar-refractivity contribution in [3.63, 3.8) is 0 Å². The second-order valence-corrected chi connectivity index (χ2v) is 5.66. The quantitative estimate of drug-likeness (QED) is 0.723. The number of halogens is 2. The lowest BCUT2D eigenvalue weighted by Gasteiger charge is -2.17. The number of carbonyl (C=O) groups excluding carboxylic acids is 1. The highest BCUT2D eigenvalue weighted by atomic mass is 79.9. The fraction of sp³-hybridized carbons (Fsp3) is 0.462. The molecule has 1 amide bonds. The molecule has 19 heavy (non-hydrogen) atoms. The van der Waals surface area contributed by atoms with Gasteiger partial charge in [-0.25, -0.2) is 0 Å². The monoisotopic (exact) mass is 393 g/mol. The minimum absolute atomic E-state index is 0.0229. The maximum atomic E-state index is 12.2. The van der Waals surface area contributed by atoms with Crippen LogP contribution < -0.4 is 10.1 Å². The molecule has 0 bridgehead atoms. The zero-order valence-electron chi connectivity index (χ0n) is 10.9. The number of amides is 1. The largest absolute Gasteiger partial charge is 0.496 e. The van der Waals surface area contributed by atoms with E-state index in [1.165, 1.54) is 0 Å². The second-order valence-electron chi connectivity index (χ2n) is 3.95. The molecule has 1 aromatic rings. The van der Waals surface area contributed by atoms with Gasteiger partial charge in [0.15, 0.2) is 0 Å². The molecule has 106 valence electrons. The van der Waals surface area contributed by atoms with E-state index in [1.807, 2.05) is 6.07 Å². The third-order valence-electron chi connectivity index (χ3n) is 2.57. The minimum atomic E-state index is -0.160. The third kappa shape index (κ3) is 5.12. The van der Waals surface area contributed by atoms with Crippen LogP contribution in [0.2, 0.25) is 0 Å². The van der Waals surface area contributed by atoms with Crippen LogP contribution in [0.4, 0.5) is 0 Å².